The zero-order chi connectivity index (χ0) is 9.68. The zero-order valence-corrected chi connectivity index (χ0v) is 8.33. The van der Waals surface area contributed by atoms with Crippen LogP contribution in [0.25, 0.3) is 0 Å². The number of rotatable bonds is 4. The molecule has 0 aliphatic heterocycles. The van der Waals surface area contributed by atoms with Crippen molar-refractivity contribution in [1.82, 2.24) is 9.97 Å². The monoisotopic (exact) mass is 180 g/mol. The van der Waals surface area contributed by atoms with E-state index < -0.39 is 0 Å². The third kappa shape index (κ3) is 3.27. The van der Waals surface area contributed by atoms with Crippen molar-refractivity contribution in [2.75, 3.05) is 17.2 Å². The topological polar surface area (TPSA) is 49.8 Å². The fraction of sp³-hybridized carbons (Fsp3) is 0.556. The van der Waals surface area contributed by atoms with Gasteiger partial charge >= 0.3 is 0 Å². The van der Waals surface area contributed by atoms with Crippen LogP contribution in [0.3, 0.4) is 0 Å². The average molecular weight is 180 g/mol. The van der Waals surface area contributed by atoms with E-state index in [1.54, 1.807) is 6.20 Å². The minimum Gasteiger partial charge on any atom is -0.370 e. The van der Waals surface area contributed by atoms with Crippen molar-refractivity contribution in [3.8, 4) is 0 Å². The third-order valence-corrected chi connectivity index (χ3v) is 1.43. The van der Waals surface area contributed by atoms with Crippen LogP contribution in [0.15, 0.2) is 12.3 Å². The molecule has 0 fully saturated rings. The molecule has 0 aromatic carbocycles. The predicted octanol–water partition coefficient (Wildman–Crippen LogP) is 1.73. The molecule has 0 aliphatic rings. The Bertz CT molecular complexity index is 260. The van der Waals surface area contributed by atoms with Crippen molar-refractivity contribution in [1.29, 1.82) is 0 Å². The molecular weight excluding hydrogens is 164 g/mol. The highest BCUT2D eigenvalue weighted by molar-refractivity contribution is 5.39. The number of aromatic nitrogens is 2. The molecule has 0 radical (unpaired) electrons. The van der Waals surface area contributed by atoms with Crippen LogP contribution in [0.5, 0.6) is 0 Å². The Morgan fingerprint density at radius 3 is 2.85 bits per heavy atom. The fourth-order valence-electron chi connectivity index (χ4n) is 0.966. The highest BCUT2D eigenvalue weighted by Gasteiger charge is 1.98. The summed E-state index contributed by atoms with van der Waals surface area (Å²) in [7, 11) is 0. The summed E-state index contributed by atoms with van der Waals surface area (Å²) in [5.41, 5.74) is 0. The van der Waals surface area contributed by atoms with E-state index in [0.717, 1.165) is 12.4 Å². The molecule has 1 aromatic heterocycles. The summed E-state index contributed by atoms with van der Waals surface area (Å²) in [6.45, 7) is 7.03. The second-order valence-electron chi connectivity index (χ2n) is 3.09. The van der Waals surface area contributed by atoms with E-state index in [1.165, 1.54) is 0 Å². The Balaban J connectivity index is 2.67. The van der Waals surface area contributed by atoms with Gasteiger partial charge in [0.25, 0.3) is 0 Å². The number of nitrogens with one attached hydrogen (secondary N) is 2. The molecule has 1 aromatic rings. The molecule has 0 unspecified atom stereocenters. The number of anilines is 2. The third-order valence-electron chi connectivity index (χ3n) is 1.43. The van der Waals surface area contributed by atoms with E-state index in [0.29, 0.717) is 12.0 Å². The highest BCUT2D eigenvalue weighted by atomic mass is 15.1. The van der Waals surface area contributed by atoms with E-state index in [2.05, 4.69) is 34.4 Å². The molecule has 0 atom stereocenters. The molecule has 0 bridgehead atoms. The summed E-state index contributed by atoms with van der Waals surface area (Å²) < 4.78 is 0. The lowest BCUT2D eigenvalue weighted by Gasteiger charge is -2.08. The van der Waals surface area contributed by atoms with Crippen LogP contribution in [0, 0.1) is 0 Å². The Morgan fingerprint density at radius 2 is 2.23 bits per heavy atom. The van der Waals surface area contributed by atoms with Crippen molar-refractivity contribution < 1.29 is 0 Å². The van der Waals surface area contributed by atoms with Crippen LogP contribution in [0.4, 0.5) is 11.8 Å². The van der Waals surface area contributed by atoms with Crippen molar-refractivity contribution in [2.24, 2.45) is 0 Å². The van der Waals surface area contributed by atoms with Gasteiger partial charge in [0.2, 0.25) is 5.95 Å². The Morgan fingerprint density at radius 1 is 1.46 bits per heavy atom. The Hall–Kier alpha value is -1.32. The zero-order valence-electron chi connectivity index (χ0n) is 8.33. The molecule has 0 aliphatic carbocycles. The first-order chi connectivity index (χ1) is 6.22. The molecule has 0 spiro atoms. The normalized spacial score (nSPS) is 10.2. The van der Waals surface area contributed by atoms with E-state index in [1.807, 2.05) is 13.0 Å². The molecule has 2 N–H and O–H groups in total. The number of nitrogens with zero attached hydrogens (tertiary/aromatic N) is 2. The second kappa shape index (κ2) is 4.64. The molecule has 0 saturated heterocycles. The van der Waals surface area contributed by atoms with Gasteiger partial charge in [-0.2, -0.15) is 4.98 Å². The lowest BCUT2D eigenvalue weighted by Crippen LogP contribution is -2.13. The highest BCUT2D eigenvalue weighted by Crippen LogP contribution is 2.05. The second-order valence-corrected chi connectivity index (χ2v) is 3.09. The fourth-order valence-corrected chi connectivity index (χ4v) is 0.966. The maximum Gasteiger partial charge on any atom is 0.224 e. The van der Waals surface area contributed by atoms with Gasteiger partial charge in [0.05, 0.1) is 0 Å². The lowest BCUT2D eigenvalue weighted by molar-refractivity contribution is 0.874. The van der Waals surface area contributed by atoms with Crippen molar-refractivity contribution in [2.45, 2.75) is 26.8 Å². The minimum atomic E-state index is 0.358. The molecule has 13 heavy (non-hydrogen) atoms. The van der Waals surface area contributed by atoms with Gasteiger partial charge in [0.1, 0.15) is 5.82 Å². The lowest BCUT2D eigenvalue weighted by atomic mass is 10.4. The molecule has 0 saturated carbocycles. The molecule has 1 rings (SSSR count). The van der Waals surface area contributed by atoms with Crippen LogP contribution >= 0.6 is 0 Å². The summed E-state index contributed by atoms with van der Waals surface area (Å²) in [6, 6.07) is 2.21. The van der Waals surface area contributed by atoms with Crippen molar-refractivity contribution >= 4 is 11.8 Å². The molecule has 0 amide bonds. The van der Waals surface area contributed by atoms with Crippen LogP contribution < -0.4 is 10.6 Å². The van der Waals surface area contributed by atoms with Crippen LogP contribution in [-0.2, 0) is 0 Å². The van der Waals surface area contributed by atoms with Crippen LogP contribution in [-0.4, -0.2) is 22.6 Å². The summed E-state index contributed by atoms with van der Waals surface area (Å²) in [5.74, 6) is 1.54. The Kier molecular flexibility index (Phi) is 3.49. The first-order valence-corrected chi connectivity index (χ1v) is 4.56. The van der Waals surface area contributed by atoms with Gasteiger partial charge in [-0.1, -0.05) is 0 Å². The molecule has 4 nitrogen and oxygen atoms in total. The predicted molar refractivity (Wildman–Crippen MR) is 55.0 cm³/mol. The quantitative estimate of drug-likeness (QED) is 0.741. The van der Waals surface area contributed by atoms with Gasteiger partial charge in [-0.3, -0.25) is 0 Å². The van der Waals surface area contributed by atoms with E-state index in [-0.39, 0.29) is 0 Å². The Labute approximate surface area is 78.8 Å². The first-order valence-electron chi connectivity index (χ1n) is 4.56. The van der Waals surface area contributed by atoms with Gasteiger partial charge in [0, 0.05) is 18.8 Å². The van der Waals surface area contributed by atoms with Gasteiger partial charge in [0.15, 0.2) is 0 Å². The van der Waals surface area contributed by atoms with Crippen LogP contribution in [0.2, 0.25) is 0 Å². The maximum absolute atomic E-state index is 4.27. The maximum atomic E-state index is 4.27. The van der Waals surface area contributed by atoms with Gasteiger partial charge in [-0.05, 0) is 26.8 Å². The molecule has 4 heteroatoms. The molecular formula is C9H16N4. The van der Waals surface area contributed by atoms with E-state index >= 15 is 0 Å². The first kappa shape index (κ1) is 9.77. The van der Waals surface area contributed by atoms with Crippen molar-refractivity contribution in [3.05, 3.63) is 12.3 Å². The summed E-state index contributed by atoms with van der Waals surface area (Å²) in [4.78, 5) is 8.37. The van der Waals surface area contributed by atoms with Gasteiger partial charge in [-0.25, -0.2) is 4.98 Å². The summed E-state index contributed by atoms with van der Waals surface area (Å²) >= 11 is 0. The van der Waals surface area contributed by atoms with E-state index in [4.69, 9.17) is 0 Å². The standard InChI is InChI=1S/C9H16N4/c1-4-10-8-5-6-11-9(13-8)12-7(2)3/h5-7H,4H2,1-3H3,(H2,10,11,12,13). The minimum absolute atomic E-state index is 0.358. The van der Waals surface area contributed by atoms with Crippen LogP contribution in [0.1, 0.15) is 20.8 Å². The van der Waals surface area contributed by atoms with Gasteiger partial charge in [-0.15, -0.1) is 0 Å². The van der Waals surface area contributed by atoms with E-state index in [9.17, 15) is 0 Å². The average Bonchev–Trinajstić information content (AvgIpc) is 2.04. The number of hydrogen-bond donors (Lipinski definition) is 2. The summed E-state index contributed by atoms with van der Waals surface area (Å²) in [5, 5.41) is 6.27. The smallest absolute Gasteiger partial charge is 0.224 e. The molecule has 72 valence electrons. The largest absolute Gasteiger partial charge is 0.370 e. The number of hydrogen-bond acceptors (Lipinski definition) is 4. The SMILES string of the molecule is CCNc1ccnc(NC(C)C)n1. The summed E-state index contributed by atoms with van der Waals surface area (Å²) in [6.07, 6.45) is 1.75. The van der Waals surface area contributed by atoms with Gasteiger partial charge < -0.3 is 10.6 Å². The van der Waals surface area contributed by atoms with Crippen molar-refractivity contribution in [3.63, 3.8) is 0 Å². The molecule has 1 heterocycles.